The number of thiazole rings is 1. The molecule has 0 aromatic carbocycles. The van der Waals surface area contributed by atoms with Crippen molar-refractivity contribution < 1.29 is 14.3 Å². The Morgan fingerprint density at radius 1 is 1.33 bits per heavy atom. The molecule has 1 saturated heterocycles. The van der Waals surface area contributed by atoms with Crippen LogP contribution in [0.25, 0.3) is 0 Å². The Morgan fingerprint density at radius 2 is 2.25 bits per heavy atom. The second-order valence-corrected chi connectivity index (χ2v) is 6.50. The fraction of sp³-hybridized carbons (Fsp3) is 0.471. The molecule has 1 atom stereocenters. The van der Waals surface area contributed by atoms with Crippen LogP contribution in [0.15, 0.2) is 29.9 Å². The van der Waals surface area contributed by atoms with Gasteiger partial charge in [-0.15, -0.1) is 11.3 Å². The standard InChI is InChI=1S/C17H21N3O3S/c1-22-10-11-23-15-13(5-4-7-18-15)17(21)20-9-3-2-6-14(20)16-19-8-12-24-16/h4-5,7-8,12,14H,2-3,6,9-11H2,1H3. The summed E-state index contributed by atoms with van der Waals surface area (Å²) in [4.78, 5) is 23.6. The maximum absolute atomic E-state index is 13.1. The number of pyridine rings is 1. The summed E-state index contributed by atoms with van der Waals surface area (Å²) in [6.45, 7) is 1.55. The first-order chi connectivity index (χ1) is 11.8. The van der Waals surface area contributed by atoms with Crippen LogP contribution in [0.1, 0.15) is 40.7 Å². The lowest BCUT2D eigenvalue weighted by atomic mass is 10.0. The van der Waals surface area contributed by atoms with E-state index in [9.17, 15) is 4.79 Å². The van der Waals surface area contributed by atoms with Crippen molar-refractivity contribution in [3.8, 4) is 5.88 Å². The molecule has 0 N–H and O–H groups in total. The molecule has 1 aliphatic heterocycles. The number of ether oxygens (including phenoxy) is 2. The first-order valence-corrected chi connectivity index (χ1v) is 8.96. The van der Waals surface area contributed by atoms with Crippen LogP contribution in [0.3, 0.4) is 0 Å². The van der Waals surface area contributed by atoms with Crippen molar-refractivity contribution in [1.82, 2.24) is 14.9 Å². The van der Waals surface area contributed by atoms with Gasteiger partial charge in [0.2, 0.25) is 5.88 Å². The van der Waals surface area contributed by atoms with Gasteiger partial charge in [-0.05, 0) is 31.4 Å². The number of carbonyl (C=O) groups is 1. The third kappa shape index (κ3) is 3.73. The van der Waals surface area contributed by atoms with E-state index in [1.54, 1.807) is 43.0 Å². The summed E-state index contributed by atoms with van der Waals surface area (Å²) < 4.78 is 10.6. The summed E-state index contributed by atoms with van der Waals surface area (Å²) in [5.41, 5.74) is 0.497. The van der Waals surface area contributed by atoms with Gasteiger partial charge < -0.3 is 14.4 Å². The molecule has 0 spiro atoms. The van der Waals surface area contributed by atoms with Crippen LogP contribution in [-0.4, -0.2) is 47.6 Å². The maximum Gasteiger partial charge on any atom is 0.259 e. The Morgan fingerprint density at radius 3 is 3.04 bits per heavy atom. The molecule has 2 aromatic heterocycles. The zero-order valence-corrected chi connectivity index (χ0v) is 14.5. The lowest BCUT2D eigenvalue weighted by Crippen LogP contribution is -2.38. The van der Waals surface area contributed by atoms with E-state index in [2.05, 4.69) is 9.97 Å². The summed E-state index contributed by atoms with van der Waals surface area (Å²) in [5.74, 6) is 0.318. The number of hydrogen-bond acceptors (Lipinski definition) is 6. The summed E-state index contributed by atoms with van der Waals surface area (Å²) in [6.07, 6.45) is 6.49. The summed E-state index contributed by atoms with van der Waals surface area (Å²) >= 11 is 1.60. The minimum absolute atomic E-state index is 0.0401. The zero-order chi connectivity index (χ0) is 16.8. The van der Waals surface area contributed by atoms with E-state index in [-0.39, 0.29) is 11.9 Å². The highest BCUT2D eigenvalue weighted by Crippen LogP contribution is 2.34. The van der Waals surface area contributed by atoms with Crippen molar-refractivity contribution in [3.05, 3.63) is 40.5 Å². The van der Waals surface area contributed by atoms with Crippen LogP contribution in [-0.2, 0) is 4.74 Å². The van der Waals surface area contributed by atoms with Crippen LogP contribution in [0.2, 0.25) is 0 Å². The minimum atomic E-state index is -0.0459. The number of amides is 1. The molecular formula is C17H21N3O3S. The van der Waals surface area contributed by atoms with Gasteiger partial charge in [-0.25, -0.2) is 9.97 Å². The van der Waals surface area contributed by atoms with Gasteiger partial charge in [0.15, 0.2) is 0 Å². The highest BCUT2D eigenvalue weighted by atomic mass is 32.1. The second-order valence-electron chi connectivity index (χ2n) is 5.58. The first kappa shape index (κ1) is 16.9. The summed E-state index contributed by atoms with van der Waals surface area (Å²) in [7, 11) is 1.61. The van der Waals surface area contributed by atoms with Crippen molar-refractivity contribution in [2.24, 2.45) is 0 Å². The summed E-state index contributed by atoms with van der Waals surface area (Å²) in [5, 5.41) is 2.95. The minimum Gasteiger partial charge on any atom is -0.475 e. The first-order valence-electron chi connectivity index (χ1n) is 8.08. The predicted molar refractivity (Wildman–Crippen MR) is 91.4 cm³/mol. The van der Waals surface area contributed by atoms with Gasteiger partial charge in [0.25, 0.3) is 5.91 Å². The molecule has 3 heterocycles. The number of piperidine rings is 1. The van der Waals surface area contributed by atoms with Crippen molar-refractivity contribution in [2.45, 2.75) is 25.3 Å². The van der Waals surface area contributed by atoms with Crippen LogP contribution in [0.5, 0.6) is 5.88 Å². The fourth-order valence-corrected chi connectivity index (χ4v) is 3.66. The van der Waals surface area contributed by atoms with E-state index in [1.165, 1.54) is 0 Å². The molecule has 128 valence electrons. The molecule has 0 bridgehead atoms. The zero-order valence-electron chi connectivity index (χ0n) is 13.7. The Hall–Kier alpha value is -1.99. The molecule has 1 unspecified atom stereocenters. The van der Waals surface area contributed by atoms with Crippen molar-refractivity contribution in [1.29, 1.82) is 0 Å². The number of rotatable bonds is 6. The van der Waals surface area contributed by atoms with Gasteiger partial charge >= 0.3 is 0 Å². The molecule has 3 rings (SSSR count). The third-order valence-corrected chi connectivity index (χ3v) is 4.90. The highest BCUT2D eigenvalue weighted by molar-refractivity contribution is 7.09. The number of likely N-dealkylation sites (tertiary alicyclic amines) is 1. The van der Waals surface area contributed by atoms with Crippen LogP contribution < -0.4 is 4.74 Å². The Bertz CT molecular complexity index is 663. The molecule has 7 heteroatoms. The maximum atomic E-state index is 13.1. The van der Waals surface area contributed by atoms with Crippen molar-refractivity contribution >= 4 is 17.2 Å². The van der Waals surface area contributed by atoms with E-state index in [1.807, 2.05) is 10.3 Å². The molecule has 6 nitrogen and oxygen atoms in total. The smallest absolute Gasteiger partial charge is 0.259 e. The van der Waals surface area contributed by atoms with Gasteiger partial charge in [-0.3, -0.25) is 4.79 Å². The Balaban J connectivity index is 1.82. The van der Waals surface area contributed by atoms with E-state index in [4.69, 9.17) is 9.47 Å². The van der Waals surface area contributed by atoms with Gasteiger partial charge in [-0.1, -0.05) is 0 Å². The Kier molecular flexibility index (Phi) is 5.77. The molecule has 0 radical (unpaired) electrons. The summed E-state index contributed by atoms with van der Waals surface area (Å²) in [6, 6.07) is 3.57. The number of carbonyl (C=O) groups excluding carboxylic acids is 1. The number of methoxy groups -OCH3 is 1. The quantitative estimate of drug-likeness (QED) is 0.752. The monoisotopic (exact) mass is 347 g/mol. The van der Waals surface area contributed by atoms with Crippen LogP contribution >= 0.6 is 11.3 Å². The van der Waals surface area contributed by atoms with Crippen LogP contribution in [0, 0.1) is 0 Å². The number of nitrogens with zero attached hydrogens (tertiary/aromatic N) is 3. The third-order valence-electron chi connectivity index (χ3n) is 4.03. The molecule has 1 aliphatic rings. The van der Waals surface area contributed by atoms with Crippen LogP contribution in [0.4, 0.5) is 0 Å². The largest absolute Gasteiger partial charge is 0.475 e. The lowest BCUT2D eigenvalue weighted by molar-refractivity contribution is 0.0603. The van der Waals surface area contributed by atoms with Gasteiger partial charge in [0.1, 0.15) is 17.2 Å². The molecule has 0 saturated carbocycles. The Labute approximate surface area is 145 Å². The van der Waals surface area contributed by atoms with E-state index >= 15 is 0 Å². The van der Waals surface area contributed by atoms with Gasteiger partial charge in [-0.2, -0.15) is 0 Å². The fourth-order valence-electron chi connectivity index (χ4n) is 2.88. The molecule has 1 fully saturated rings. The number of hydrogen-bond donors (Lipinski definition) is 0. The lowest BCUT2D eigenvalue weighted by Gasteiger charge is -2.34. The molecular weight excluding hydrogens is 326 g/mol. The van der Waals surface area contributed by atoms with E-state index in [0.29, 0.717) is 24.7 Å². The topological polar surface area (TPSA) is 64.6 Å². The second kappa shape index (κ2) is 8.21. The van der Waals surface area contributed by atoms with E-state index in [0.717, 1.165) is 30.8 Å². The van der Waals surface area contributed by atoms with Crippen molar-refractivity contribution in [3.63, 3.8) is 0 Å². The van der Waals surface area contributed by atoms with E-state index < -0.39 is 0 Å². The number of aromatic nitrogens is 2. The molecule has 0 aliphatic carbocycles. The van der Waals surface area contributed by atoms with Gasteiger partial charge in [0, 0.05) is 31.4 Å². The average Bonchev–Trinajstić information content (AvgIpc) is 3.16. The molecule has 1 amide bonds. The van der Waals surface area contributed by atoms with Crippen molar-refractivity contribution in [2.75, 3.05) is 26.9 Å². The molecule has 24 heavy (non-hydrogen) atoms. The average molecular weight is 347 g/mol. The molecule has 2 aromatic rings. The van der Waals surface area contributed by atoms with Gasteiger partial charge in [0.05, 0.1) is 12.6 Å². The predicted octanol–water partition coefficient (Wildman–Crippen LogP) is 2.93. The highest BCUT2D eigenvalue weighted by Gasteiger charge is 2.31. The SMILES string of the molecule is COCCOc1ncccc1C(=O)N1CCCCC1c1nccs1. The normalized spacial score (nSPS) is 17.7.